The smallest absolute Gasteiger partial charge is 0.200 e. The van der Waals surface area contributed by atoms with E-state index in [1.54, 1.807) is 35.6 Å². The van der Waals surface area contributed by atoms with Crippen molar-refractivity contribution in [3.63, 3.8) is 0 Å². The summed E-state index contributed by atoms with van der Waals surface area (Å²) in [4.78, 5) is 4.60. The standard InChI is InChI=1S/C14H16N2O2S2/c1-3-12-6-7-13(19-12)10-15-16-20(17,18)14-8-4-11(2)5-9-14/h4-10,16H,3H2,1-2H3. The minimum atomic E-state index is -3.59. The van der Waals surface area contributed by atoms with Crippen LogP contribution in [-0.2, 0) is 16.4 Å². The van der Waals surface area contributed by atoms with Crippen LogP contribution in [0, 0.1) is 6.92 Å². The van der Waals surface area contributed by atoms with Crippen LogP contribution in [0.1, 0.15) is 22.2 Å². The van der Waals surface area contributed by atoms with Crippen LogP contribution in [-0.4, -0.2) is 14.6 Å². The van der Waals surface area contributed by atoms with Gasteiger partial charge in [-0.15, -0.1) is 11.3 Å². The van der Waals surface area contributed by atoms with Crippen molar-refractivity contribution >= 4 is 27.6 Å². The highest BCUT2D eigenvalue weighted by Gasteiger charge is 2.11. The van der Waals surface area contributed by atoms with Crippen LogP contribution in [0.25, 0.3) is 0 Å². The molecule has 2 rings (SSSR count). The summed E-state index contributed by atoms with van der Waals surface area (Å²) in [5, 5.41) is 3.81. The van der Waals surface area contributed by atoms with E-state index in [4.69, 9.17) is 0 Å². The molecule has 0 aliphatic carbocycles. The molecule has 0 fully saturated rings. The molecule has 0 unspecified atom stereocenters. The van der Waals surface area contributed by atoms with Crippen LogP contribution in [0.5, 0.6) is 0 Å². The topological polar surface area (TPSA) is 58.5 Å². The second-order valence-electron chi connectivity index (χ2n) is 4.32. The molecular weight excluding hydrogens is 292 g/mol. The average molecular weight is 308 g/mol. The third kappa shape index (κ3) is 3.68. The van der Waals surface area contributed by atoms with E-state index in [-0.39, 0.29) is 4.90 Å². The van der Waals surface area contributed by atoms with Crippen molar-refractivity contribution in [2.24, 2.45) is 5.10 Å². The van der Waals surface area contributed by atoms with Gasteiger partial charge < -0.3 is 0 Å². The van der Waals surface area contributed by atoms with Crippen LogP contribution in [0.2, 0.25) is 0 Å². The van der Waals surface area contributed by atoms with E-state index in [0.717, 1.165) is 16.9 Å². The largest absolute Gasteiger partial charge is 0.276 e. The van der Waals surface area contributed by atoms with Crippen molar-refractivity contribution in [1.82, 2.24) is 4.83 Å². The normalized spacial score (nSPS) is 11.9. The molecule has 4 nitrogen and oxygen atoms in total. The van der Waals surface area contributed by atoms with Gasteiger partial charge in [-0.2, -0.15) is 13.5 Å². The van der Waals surface area contributed by atoms with Crippen LogP contribution >= 0.6 is 11.3 Å². The van der Waals surface area contributed by atoms with Crippen molar-refractivity contribution in [1.29, 1.82) is 0 Å². The molecule has 0 saturated heterocycles. The second-order valence-corrected chi connectivity index (χ2v) is 7.18. The van der Waals surface area contributed by atoms with Gasteiger partial charge in [-0.3, -0.25) is 0 Å². The fourth-order valence-corrected chi connectivity index (χ4v) is 3.20. The number of benzene rings is 1. The fraction of sp³-hybridized carbons (Fsp3) is 0.214. The van der Waals surface area contributed by atoms with Gasteiger partial charge >= 0.3 is 0 Å². The number of rotatable bonds is 5. The molecule has 1 heterocycles. The quantitative estimate of drug-likeness (QED) is 0.682. The van der Waals surface area contributed by atoms with Crippen molar-refractivity contribution in [2.75, 3.05) is 0 Å². The molecule has 106 valence electrons. The van der Waals surface area contributed by atoms with Gasteiger partial charge in [0.2, 0.25) is 0 Å². The lowest BCUT2D eigenvalue weighted by Gasteiger charge is -2.03. The first kappa shape index (κ1) is 14.7. The minimum Gasteiger partial charge on any atom is -0.200 e. The molecule has 0 amide bonds. The van der Waals surface area contributed by atoms with Gasteiger partial charge in [0, 0.05) is 9.75 Å². The van der Waals surface area contributed by atoms with Gasteiger partial charge in [0.25, 0.3) is 10.0 Å². The molecule has 0 aliphatic heterocycles. The highest BCUT2D eigenvalue weighted by molar-refractivity contribution is 7.89. The molecule has 0 spiro atoms. The third-order valence-corrected chi connectivity index (χ3v) is 5.13. The minimum absolute atomic E-state index is 0.209. The van der Waals surface area contributed by atoms with Crippen molar-refractivity contribution in [3.8, 4) is 0 Å². The molecule has 1 aromatic carbocycles. The molecule has 0 aliphatic rings. The Balaban J connectivity index is 2.07. The van der Waals surface area contributed by atoms with Gasteiger partial charge in [-0.25, -0.2) is 4.83 Å². The van der Waals surface area contributed by atoms with E-state index in [1.807, 2.05) is 19.1 Å². The molecule has 0 radical (unpaired) electrons. The number of nitrogens with zero attached hydrogens (tertiary/aromatic N) is 1. The highest BCUT2D eigenvalue weighted by atomic mass is 32.2. The Labute approximate surface area is 123 Å². The Morgan fingerprint density at radius 3 is 2.50 bits per heavy atom. The zero-order valence-corrected chi connectivity index (χ0v) is 13.0. The van der Waals surface area contributed by atoms with E-state index in [0.29, 0.717) is 0 Å². The SMILES string of the molecule is CCc1ccc(C=NNS(=O)(=O)c2ccc(C)cc2)s1. The average Bonchev–Trinajstić information content (AvgIpc) is 2.87. The zero-order chi connectivity index (χ0) is 14.6. The number of hydrogen-bond acceptors (Lipinski definition) is 4. The first-order chi connectivity index (χ1) is 9.51. The van der Waals surface area contributed by atoms with E-state index in [9.17, 15) is 8.42 Å². The first-order valence-corrected chi connectivity index (χ1v) is 8.51. The number of sulfonamides is 1. The Morgan fingerprint density at radius 1 is 1.20 bits per heavy atom. The van der Waals surface area contributed by atoms with Gasteiger partial charge in [0.05, 0.1) is 11.1 Å². The van der Waals surface area contributed by atoms with Crippen molar-refractivity contribution in [2.45, 2.75) is 25.2 Å². The molecular formula is C14H16N2O2S2. The summed E-state index contributed by atoms with van der Waals surface area (Å²) in [6.45, 7) is 3.98. The summed E-state index contributed by atoms with van der Waals surface area (Å²) in [5.41, 5.74) is 1.01. The predicted octanol–water partition coefficient (Wildman–Crippen LogP) is 2.93. The Morgan fingerprint density at radius 2 is 1.90 bits per heavy atom. The number of hydrogen-bond donors (Lipinski definition) is 1. The molecule has 0 atom stereocenters. The van der Waals surface area contributed by atoms with Gasteiger partial charge in [0.1, 0.15) is 0 Å². The zero-order valence-electron chi connectivity index (χ0n) is 11.3. The Kier molecular flexibility index (Phi) is 4.57. The van der Waals surface area contributed by atoms with E-state index in [2.05, 4.69) is 16.9 Å². The highest BCUT2D eigenvalue weighted by Crippen LogP contribution is 2.15. The van der Waals surface area contributed by atoms with Gasteiger partial charge in [-0.1, -0.05) is 24.6 Å². The molecule has 6 heteroatoms. The number of hydrazone groups is 1. The molecule has 1 N–H and O–H groups in total. The van der Waals surface area contributed by atoms with E-state index >= 15 is 0 Å². The monoisotopic (exact) mass is 308 g/mol. The van der Waals surface area contributed by atoms with Crippen LogP contribution < -0.4 is 4.83 Å². The maximum atomic E-state index is 12.0. The summed E-state index contributed by atoms with van der Waals surface area (Å²) in [6, 6.07) is 10.6. The molecule has 0 saturated carbocycles. The first-order valence-electron chi connectivity index (χ1n) is 6.21. The predicted molar refractivity (Wildman–Crippen MR) is 82.8 cm³/mol. The lowest BCUT2D eigenvalue weighted by Crippen LogP contribution is -2.18. The number of aryl methyl sites for hydroxylation is 2. The molecule has 0 bridgehead atoms. The van der Waals surface area contributed by atoms with Gasteiger partial charge in [0.15, 0.2) is 0 Å². The maximum Gasteiger partial charge on any atom is 0.276 e. The second kappa shape index (κ2) is 6.19. The van der Waals surface area contributed by atoms with Gasteiger partial charge in [-0.05, 0) is 37.6 Å². The van der Waals surface area contributed by atoms with Crippen LogP contribution in [0.4, 0.5) is 0 Å². The lowest BCUT2D eigenvalue weighted by atomic mass is 10.2. The summed E-state index contributed by atoms with van der Waals surface area (Å²) in [5.74, 6) is 0. The number of thiophene rings is 1. The van der Waals surface area contributed by atoms with E-state index < -0.39 is 10.0 Å². The molecule has 20 heavy (non-hydrogen) atoms. The summed E-state index contributed by atoms with van der Waals surface area (Å²) < 4.78 is 23.9. The summed E-state index contributed by atoms with van der Waals surface area (Å²) in [7, 11) is -3.59. The van der Waals surface area contributed by atoms with Crippen molar-refractivity contribution in [3.05, 3.63) is 51.7 Å². The Hall–Kier alpha value is -1.66. The summed E-state index contributed by atoms with van der Waals surface area (Å²) >= 11 is 1.60. The fourth-order valence-electron chi connectivity index (χ4n) is 1.58. The lowest BCUT2D eigenvalue weighted by molar-refractivity contribution is 0.584. The molecule has 1 aromatic heterocycles. The molecule has 2 aromatic rings. The van der Waals surface area contributed by atoms with E-state index in [1.165, 1.54) is 11.1 Å². The summed E-state index contributed by atoms with van der Waals surface area (Å²) in [6.07, 6.45) is 2.49. The van der Waals surface area contributed by atoms with Crippen LogP contribution in [0.15, 0.2) is 46.4 Å². The maximum absolute atomic E-state index is 12.0. The Bertz CT molecular complexity index is 701. The number of nitrogens with one attached hydrogen (secondary N) is 1. The van der Waals surface area contributed by atoms with Crippen LogP contribution in [0.3, 0.4) is 0 Å². The van der Waals surface area contributed by atoms with Crippen molar-refractivity contribution < 1.29 is 8.42 Å². The third-order valence-electron chi connectivity index (χ3n) is 2.73.